The van der Waals surface area contributed by atoms with Gasteiger partial charge in [0, 0.05) is 31.3 Å². The van der Waals surface area contributed by atoms with Crippen molar-refractivity contribution in [3.05, 3.63) is 30.1 Å². The topological polar surface area (TPSA) is 42.7 Å². The number of rotatable bonds is 2. The van der Waals surface area contributed by atoms with E-state index in [-0.39, 0.29) is 0 Å². The summed E-state index contributed by atoms with van der Waals surface area (Å²) in [6.07, 6.45) is 2.24. The van der Waals surface area contributed by atoms with E-state index in [0.717, 1.165) is 35.9 Å². The Morgan fingerprint density at radius 1 is 1.31 bits per heavy atom. The Morgan fingerprint density at radius 2 is 2.25 bits per heavy atom. The zero-order valence-electron chi connectivity index (χ0n) is 9.27. The van der Waals surface area contributed by atoms with E-state index >= 15 is 0 Å². The Hall–Kier alpha value is -1.84. The first-order chi connectivity index (χ1) is 7.88. The molecule has 0 unspecified atom stereocenters. The lowest BCUT2D eigenvalue weighted by atomic mass is 10.2. The van der Waals surface area contributed by atoms with Crippen molar-refractivity contribution in [2.45, 2.75) is 19.4 Å². The van der Waals surface area contributed by atoms with Gasteiger partial charge in [0.15, 0.2) is 5.82 Å². The third-order valence-electron chi connectivity index (χ3n) is 3.02. The van der Waals surface area contributed by atoms with Crippen molar-refractivity contribution in [1.82, 2.24) is 14.8 Å². The van der Waals surface area contributed by atoms with E-state index in [4.69, 9.17) is 0 Å². The fraction of sp³-hybridized carbons (Fsp3) is 0.333. The minimum absolute atomic E-state index is 0.990. The van der Waals surface area contributed by atoms with Crippen LogP contribution in [0.4, 0.5) is 5.69 Å². The van der Waals surface area contributed by atoms with Crippen LogP contribution >= 0.6 is 0 Å². The van der Waals surface area contributed by atoms with Crippen LogP contribution in [0.3, 0.4) is 0 Å². The first kappa shape index (κ1) is 9.39. The second-order valence-electron chi connectivity index (χ2n) is 4.03. The summed E-state index contributed by atoms with van der Waals surface area (Å²) < 4.78 is 2.22. The van der Waals surface area contributed by atoms with Crippen LogP contribution in [0.1, 0.15) is 12.2 Å². The molecular weight excluding hydrogens is 200 g/mol. The highest BCUT2D eigenvalue weighted by atomic mass is 15.3. The molecule has 1 aliphatic heterocycles. The van der Waals surface area contributed by atoms with Crippen molar-refractivity contribution in [2.24, 2.45) is 0 Å². The quantitative estimate of drug-likeness (QED) is 0.830. The van der Waals surface area contributed by atoms with Crippen LogP contribution in [0.5, 0.6) is 0 Å². The van der Waals surface area contributed by atoms with Crippen molar-refractivity contribution >= 4 is 5.69 Å². The fourth-order valence-corrected chi connectivity index (χ4v) is 2.18. The number of anilines is 1. The van der Waals surface area contributed by atoms with Gasteiger partial charge >= 0.3 is 0 Å². The third-order valence-corrected chi connectivity index (χ3v) is 3.02. The number of nitrogens with zero attached hydrogens (tertiary/aromatic N) is 3. The zero-order chi connectivity index (χ0) is 11.0. The number of benzene rings is 1. The minimum Gasteiger partial charge on any atom is -0.388 e. The van der Waals surface area contributed by atoms with Gasteiger partial charge in [0.25, 0.3) is 0 Å². The summed E-state index contributed by atoms with van der Waals surface area (Å²) in [5, 5.41) is 11.6. The van der Waals surface area contributed by atoms with E-state index in [9.17, 15) is 0 Å². The molecule has 1 aromatic heterocycles. The number of fused-ring (bicyclic) bond motifs is 1. The average Bonchev–Trinajstić information content (AvgIpc) is 2.90. The van der Waals surface area contributed by atoms with E-state index in [1.165, 1.54) is 6.42 Å². The Balaban J connectivity index is 2.08. The molecule has 3 rings (SSSR count). The Bertz CT molecular complexity index is 515. The number of nitrogens with one attached hydrogen (secondary N) is 1. The van der Waals surface area contributed by atoms with Crippen molar-refractivity contribution in [1.29, 1.82) is 0 Å². The monoisotopic (exact) mass is 214 g/mol. The Morgan fingerprint density at radius 3 is 3.12 bits per heavy atom. The first-order valence-corrected chi connectivity index (χ1v) is 5.59. The molecule has 0 aliphatic carbocycles. The summed E-state index contributed by atoms with van der Waals surface area (Å²) in [5.74, 6) is 2.11. The van der Waals surface area contributed by atoms with Crippen molar-refractivity contribution in [2.75, 3.05) is 12.4 Å². The molecule has 0 saturated heterocycles. The first-order valence-electron chi connectivity index (χ1n) is 5.59. The molecule has 16 heavy (non-hydrogen) atoms. The summed E-state index contributed by atoms with van der Waals surface area (Å²) in [6, 6.07) is 8.27. The van der Waals surface area contributed by atoms with Gasteiger partial charge in [0.05, 0.1) is 0 Å². The second kappa shape index (κ2) is 3.63. The molecule has 0 bridgehead atoms. The maximum absolute atomic E-state index is 4.27. The van der Waals surface area contributed by atoms with Crippen molar-refractivity contribution in [3.8, 4) is 11.4 Å². The summed E-state index contributed by atoms with van der Waals surface area (Å²) >= 11 is 0. The van der Waals surface area contributed by atoms with Gasteiger partial charge in [-0.05, 0) is 18.6 Å². The van der Waals surface area contributed by atoms with Gasteiger partial charge in [0.1, 0.15) is 5.82 Å². The zero-order valence-corrected chi connectivity index (χ0v) is 9.27. The highest BCUT2D eigenvalue weighted by Crippen LogP contribution is 2.24. The molecule has 1 aliphatic rings. The van der Waals surface area contributed by atoms with Crippen LogP contribution in [0, 0.1) is 0 Å². The average molecular weight is 214 g/mol. The molecule has 0 spiro atoms. The maximum atomic E-state index is 4.27. The number of aromatic nitrogens is 3. The predicted octanol–water partition coefficient (Wildman–Crippen LogP) is 1.93. The molecule has 4 nitrogen and oxygen atoms in total. The molecule has 1 aromatic carbocycles. The van der Waals surface area contributed by atoms with Gasteiger partial charge in [-0.2, -0.15) is 0 Å². The van der Waals surface area contributed by atoms with Crippen LogP contribution < -0.4 is 5.32 Å². The standard InChI is InChI=1S/C12H14N4/c1-13-10-5-2-4-9(8-10)12-15-14-11-6-3-7-16(11)12/h2,4-5,8,13H,3,6-7H2,1H3. The summed E-state index contributed by atoms with van der Waals surface area (Å²) in [6.45, 7) is 1.04. The molecule has 1 N–H and O–H groups in total. The van der Waals surface area contributed by atoms with Crippen LogP contribution in [0.2, 0.25) is 0 Å². The van der Waals surface area contributed by atoms with Crippen molar-refractivity contribution < 1.29 is 0 Å². The molecule has 2 heterocycles. The molecular formula is C12H14N4. The van der Waals surface area contributed by atoms with Crippen LogP contribution in [-0.4, -0.2) is 21.8 Å². The molecule has 0 amide bonds. The number of hydrogen-bond donors (Lipinski definition) is 1. The number of hydrogen-bond acceptors (Lipinski definition) is 3. The molecule has 2 aromatic rings. The van der Waals surface area contributed by atoms with Gasteiger partial charge in [-0.15, -0.1) is 10.2 Å². The lowest BCUT2D eigenvalue weighted by Gasteiger charge is -2.05. The van der Waals surface area contributed by atoms with Crippen LogP contribution in [0.15, 0.2) is 24.3 Å². The molecule has 0 saturated carbocycles. The van der Waals surface area contributed by atoms with Gasteiger partial charge in [-0.25, -0.2) is 0 Å². The molecule has 0 fully saturated rings. The molecule has 4 heteroatoms. The fourth-order valence-electron chi connectivity index (χ4n) is 2.18. The van der Waals surface area contributed by atoms with Crippen LogP contribution in [0.25, 0.3) is 11.4 Å². The lowest BCUT2D eigenvalue weighted by Crippen LogP contribution is -1.97. The molecule has 0 radical (unpaired) electrons. The van der Waals surface area contributed by atoms with Crippen LogP contribution in [-0.2, 0) is 13.0 Å². The normalized spacial score (nSPS) is 13.8. The van der Waals surface area contributed by atoms with Gasteiger partial charge in [-0.3, -0.25) is 0 Å². The number of aryl methyl sites for hydroxylation is 1. The summed E-state index contributed by atoms with van der Waals surface area (Å²) in [4.78, 5) is 0. The second-order valence-corrected chi connectivity index (χ2v) is 4.03. The van der Waals surface area contributed by atoms with E-state index in [1.807, 2.05) is 19.2 Å². The Labute approximate surface area is 94.3 Å². The van der Waals surface area contributed by atoms with Gasteiger partial charge in [0.2, 0.25) is 0 Å². The summed E-state index contributed by atoms with van der Waals surface area (Å²) in [5.41, 5.74) is 2.24. The smallest absolute Gasteiger partial charge is 0.164 e. The maximum Gasteiger partial charge on any atom is 0.164 e. The lowest BCUT2D eigenvalue weighted by molar-refractivity contribution is 0.748. The van der Waals surface area contributed by atoms with E-state index in [2.05, 4.69) is 32.2 Å². The minimum atomic E-state index is 0.990. The van der Waals surface area contributed by atoms with Crippen molar-refractivity contribution in [3.63, 3.8) is 0 Å². The van der Waals surface area contributed by atoms with Gasteiger partial charge in [-0.1, -0.05) is 12.1 Å². The summed E-state index contributed by atoms with van der Waals surface area (Å²) in [7, 11) is 1.92. The third kappa shape index (κ3) is 1.38. The molecule has 82 valence electrons. The van der Waals surface area contributed by atoms with E-state index in [1.54, 1.807) is 0 Å². The largest absolute Gasteiger partial charge is 0.388 e. The predicted molar refractivity (Wildman–Crippen MR) is 63.3 cm³/mol. The highest BCUT2D eigenvalue weighted by molar-refractivity contribution is 5.62. The van der Waals surface area contributed by atoms with E-state index < -0.39 is 0 Å². The highest BCUT2D eigenvalue weighted by Gasteiger charge is 2.18. The molecule has 0 atom stereocenters. The SMILES string of the molecule is CNc1cccc(-c2nnc3n2CCC3)c1. The van der Waals surface area contributed by atoms with Gasteiger partial charge < -0.3 is 9.88 Å². The van der Waals surface area contributed by atoms with E-state index in [0.29, 0.717) is 0 Å². The Kier molecular flexibility index (Phi) is 2.13.